The van der Waals surface area contributed by atoms with Crippen molar-refractivity contribution in [3.05, 3.63) is 224 Å². The number of nitrogens with zero attached hydrogens (tertiary/aromatic N) is 3. The van der Waals surface area contributed by atoms with Crippen LogP contribution in [-0.4, -0.2) is 9.97 Å². The van der Waals surface area contributed by atoms with Gasteiger partial charge >= 0.3 is 0 Å². The molecule has 0 radical (unpaired) electrons. The van der Waals surface area contributed by atoms with Crippen molar-refractivity contribution in [1.29, 1.82) is 0 Å². The highest BCUT2D eigenvalue weighted by molar-refractivity contribution is 6.18. The molecule has 60 heavy (non-hydrogen) atoms. The molecule has 0 spiro atoms. The minimum atomic E-state index is 0.658. The van der Waals surface area contributed by atoms with Crippen molar-refractivity contribution in [3.8, 4) is 56.2 Å². The van der Waals surface area contributed by atoms with Crippen molar-refractivity contribution >= 4 is 49.8 Å². The highest BCUT2D eigenvalue weighted by Gasteiger charge is 2.21. The summed E-state index contributed by atoms with van der Waals surface area (Å²) in [7, 11) is 0. The molecule has 0 atom stereocenters. The molecular formula is C56H37N3O. The molecule has 2 aromatic heterocycles. The zero-order chi connectivity index (χ0) is 39.8. The van der Waals surface area contributed by atoms with Gasteiger partial charge in [0, 0.05) is 49.9 Å². The second-order valence-electron chi connectivity index (χ2n) is 15.0. The maximum Gasteiger partial charge on any atom is 0.160 e. The van der Waals surface area contributed by atoms with E-state index in [-0.39, 0.29) is 0 Å². The van der Waals surface area contributed by atoms with Crippen LogP contribution in [0.4, 0.5) is 17.1 Å². The van der Waals surface area contributed by atoms with Crippen molar-refractivity contribution in [3.63, 3.8) is 0 Å². The van der Waals surface area contributed by atoms with Crippen molar-refractivity contribution in [2.24, 2.45) is 0 Å². The van der Waals surface area contributed by atoms with Crippen LogP contribution in [0.25, 0.3) is 88.9 Å². The van der Waals surface area contributed by atoms with E-state index >= 15 is 0 Å². The minimum absolute atomic E-state index is 0.658. The molecule has 11 aromatic rings. The van der Waals surface area contributed by atoms with Crippen LogP contribution in [0.2, 0.25) is 0 Å². The Morgan fingerprint density at radius 1 is 0.317 bits per heavy atom. The number of hydrogen-bond acceptors (Lipinski definition) is 4. The monoisotopic (exact) mass is 767 g/mol. The molecule has 282 valence electrons. The number of rotatable bonds is 8. The standard InChI is InChI=1S/C56H37N3O/c1-5-16-38(17-6-1)39-28-31-46(32-29-39)59(45-24-11-4-12-25-45)47-26-15-23-43(34-47)44-35-50-49-33-30-40-18-13-14-27-48(40)54(49)60-55(50)51(36-44)53-37-52(41-19-7-2-8-20-41)57-56(58-53)42-21-9-3-10-22-42/h1-37H. The van der Waals surface area contributed by atoms with Gasteiger partial charge < -0.3 is 9.32 Å². The number of furan rings is 1. The van der Waals surface area contributed by atoms with E-state index < -0.39 is 0 Å². The SMILES string of the molecule is c1ccc(-c2ccc(N(c3ccccc3)c3cccc(-c4cc(-c5cc(-c6ccccc6)nc(-c6ccccc6)n5)c5oc6c7ccccc7ccc6c5c4)c3)cc2)cc1. The van der Waals surface area contributed by atoms with Crippen LogP contribution in [0.5, 0.6) is 0 Å². The van der Waals surface area contributed by atoms with Gasteiger partial charge in [0.05, 0.1) is 11.4 Å². The highest BCUT2D eigenvalue weighted by Crippen LogP contribution is 2.44. The van der Waals surface area contributed by atoms with Crippen molar-refractivity contribution < 1.29 is 4.42 Å². The van der Waals surface area contributed by atoms with E-state index in [9.17, 15) is 0 Å². The number of anilines is 3. The van der Waals surface area contributed by atoms with Crippen LogP contribution in [0.15, 0.2) is 229 Å². The van der Waals surface area contributed by atoms with Gasteiger partial charge in [-0.3, -0.25) is 0 Å². The summed E-state index contributed by atoms with van der Waals surface area (Å²) < 4.78 is 6.98. The van der Waals surface area contributed by atoms with Gasteiger partial charge in [-0.2, -0.15) is 0 Å². The zero-order valence-electron chi connectivity index (χ0n) is 32.6. The van der Waals surface area contributed by atoms with Crippen LogP contribution in [0, 0.1) is 0 Å². The molecule has 0 fully saturated rings. The average Bonchev–Trinajstić information content (AvgIpc) is 3.72. The Bertz CT molecular complexity index is 3230. The molecule has 2 heterocycles. The second-order valence-corrected chi connectivity index (χ2v) is 15.0. The summed E-state index contributed by atoms with van der Waals surface area (Å²) >= 11 is 0. The lowest BCUT2D eigenvalue weighted by Crippen LogP contribution is -2.09. The molecular weight excluding hydrogens is 731 g/mol. The smallest absolute Gasteiger partial charge is 0.160 e. The molecule has 0 aliphatic carbocycles. The third-order valence-electron chi connectivity index (χ3n) is 11.3. The molecule has 0 amide bonds. The summed E-state index contributed by atoms with van der Waals surface area (Å²) in [6.45, 7) is 0. The first-order valence-electron chi connectivity index (χ1n) is 20.2. The fourth-order valence-electron chi connectivity index (χ4n) is 8.30. The summed E-state index contributed by atoms with van der Waals surface area (Å²) in [5.41, 5.74) is 13.9. The maximum atomic E-state index is 6.98. The quantitative estimate of drug-likeness (QED) is 0.154. The number of fused-ring (bicyclic) bond motifs is 5. The first-order chi connectivity index (χ1) is 29.7. The Kier molecular flexibility index (Phi) is 8.79. The average molecular weight is 768 g/mol. The lowest BCUT2D eigenvalue weighted by atomic mass is 9.96. The van der Waals surface area contributed by atoms with Crippen LogP contribution in [-0.2, 0) is 0 Å². The summed E-state index contributed by atoms with van der Waals surface area (Å²) in [6.07, 6.45) is 0. The van der Waals surface area contributed by atoms with E-state index in [4.69, 9.17) is 14.4 Å². The first-order valence-corrected chi connectivity index (χ1v) is 20.2. The Hall–Kier alpha value is -8.08. The van der Waals surface area contributed by atoms with Crippen LogP contribution in [0.1, 0.15) is 0 Å². The molecule has 11 rings (SSSR count). The van der Waals surface area contributed by atoms with Gasteiger partial charge in [-0.1, -0.05) is 164 Å². The maximum absolute atomic E-state index is 6.98. The summed E-state index contributed by atoms with van der Waals surface area (Å²) in [5, 5.41) is 4.31. The Morgan fingerprint density at radius 2 is 0.900 bits per heavy atom. The Balaban J connectivity index is 1.12. The predicted molar refractivity (Wildman–Crippen MR) is 249 cm³/mol. The van der Waals surface area contributed by atoms with Gasteiger partial charge in [-0.25, -0.2) is 9.97 Å². The van der Waals surface area contributed by atoms with E-state index in [1.165, 1.54) is 11.1 Å². The molecule has 9 aromatic carbocycles. The van der Waals surface area contributed by atoms with Gasteiger partial charge in [0.25, 0.3) is 0 Å². The fraction of sp³-hybridized carbons (Fsp3) is 0. The van der Waals surface area contributed by atoms with Gasteiger partial charge in [0.1, 0.15) is 11.2 Å². The van der Waals surface area contributed by atoms with E-state index in [0.29, 0.717) is 5.82 Å². The zero-order valence-corrected chi connectivity index (χ0v) is 32.6. The van der Waals surface area contributed by atoms with Crippen molar-refractivity contribution in [2.75, 3.05) is 4.90 Å². The number of hydrogen-bond donors (Lipinski definition) is 0. The second kappa shape index (κ2) is 15.0. The van der Waals surface area contributed by atoms with Gasteiger partial charge in [0.2, 0.25) is 0 Å². The van der Waals surface area contributed by atoms with Crippen LogP contribution in [0.3, 0.4) is 0 Å². The fourth-order valence-corrected chi connectivity index (χ4v) is 8.30. The molecule has 4 nitrogen and oxygen atoms in total. The summed E-state index contributed by atoms with van der Waals surface area (Å²) in [5.74, 6) is 0.658. The molecule has 0 N–H and O–H groups in total. The third kappa shape index (κ3) is 6.47. The predicted octanol–water partition coefficient (Wildman–Crippen LogP) is 15.3. The summed E-state index contributed by atoms with van der Waals surface area (Å²) in [4.78, 5) is 12.7. The van der Waals surface area contributed by atoms with E-state index in [2.05, 4.69) is 193 Å². The normalized spacial score (nSPS) is 11.3. The lowest BCUT2D eigenvalue weighted by Gasteiger charge is -2.26. The van der Waals surface area contributed by atoms with Crippen molar-refractivity contribution in [2.45, 2.75) is 0 Å². The van der Waals surface area contributed by atoms with Crippen LogP contribution >= 0.6 is 0 Å². The number of para-hydroxylation sites is 1. The molecule has 0 aliphatic heterocycles. The molecule has 0 saturated carbocycles. The first kappa shape index (κ1) is 35.1. The molecule has 0 unspecified atom stereocenters. The van der Waals surface area contributed by atoms with E-state index in [0.717, 1.165) is 89.0 Å². The van der Waals surface area contributed by atoms with E-state index in [1.807, 2.05) is 36.4 Å². The largest absolute Gasteiger partial charge is 0.455 e. The number of benzene rings is 9. The molecule has 0 bridgehead atoms. The van der Waals surface area contributed by atoms with Crippen molar-refractivity contribution in [1.82, 2.24) is 9.97 Å². The third-order valence-corrected chi connectivity index (χ3v) is 11.3. The summed E-state index contributed by atoms with van der Waals surface area (Å²) in [6, 6.07) is 78.6. The van der Waals surface area contributed by atoms with Gasteiger partial charge in [0.15, 0.2) is 5.82 Å². The number of aromatic nitrogens is 2. The lowest BCUT2D eigenvalue weighted by molar-refractivity contribution is 0.673. The molecule has 0 saturated heterocycles. The van der Waals surface area contributed by atoms with Crippen LogP contribution < -0.4 is 4.90 Å². The van der Waals surface area contributed by atoms with E-state index in [1.54, 1.807) is 0 Å². The topological polar surface area (TPSA) is 42.2 Å². The molecule has 4 heteroatoms. The molecule has 0 aliphatic rings. The highest BCUT2D eigenvalue weighted by atomic mass is 16.3. The van der Waals surface area contributed by atoms with Gasteiger partial charge in [-0.05, 0) is 88.3 Å². The minimum Gasteiger partial charge on any atom is -0.455 e. The van der Waals surface area contributed by atoms with Gasteiger partial charge in [-0.15, -0.1) is 0 Å². The Morgan fingerprint density at radius 3 is 1.65 bits per heavy atom. The Labute approximate surface area is 348 Å².